The van der Waals surface area contributed by atoms with E-state index in [4.69, 9.17) is 14.2 Å². The van der Waals surface area contributed by atoms with Crippen LogP contribution in [0.25, 0.3) is 16.6 Å². The third-order valence-corrected chi connectivity index (χ3v) is 4.35. The van der Waals surface area contributed by atoms with Crippen LogP contribution in [0.3, 0.4) is 0 Å². The van der Waals surface area contributed by atoms with E-state index in [0.29, 0.717) is 18.9 Å². The summed E-state index contributed by atoms with van der Waals surface area (Å²) in [6, 6.07) is 15.3. The van der Waals surface area contributed by atoms with Crippen molar-refractivity contribution in [1.29, 1.82) is 0 Å². The molecule has 0 unspecified atom stereocenters. The van der Waals surface area contributed by atoms with Gasteiger partial charge in [0.2, 0.25) is 0 Å². The number of rotatable bonds is 8. The summed E-state index contributed by atoms with van der Waals surface area (Å²) in [6.07, 6.45) is 2.12. The number of benzene rings is 2. The molecule has 0 atom stereocenters. The first-order valence-corrected chi connectivity index (χ1v) is 9.27. The quantitative estimate of drug-likeness (QED) is 0.415. The summed E-state index contributed by atoms with van der Waals surface area (Å²) in [5, 5.41) is 0.917. The van der Waals surface area contributed by atoms with Gasteiger partial charge in [-0.3, -0.25) is 0 Å². The number of methoxy groups -OCH3 is 1. The van der Waals surface area contributed by atoms with Gasteiger partial charge < -0.3 is 18.8 Å². The second-order valence-corrected chi connectivity index (χ2v) is 6.21. The molecule has 1 aromatic heterocycles. The lowest BCUT2D eigenvalue weighted by Gasteiger charge is -2.12. The first-order chi connectivity index (χ1) is 13.2. The normalized spacial score (nSPS) is 10.8. The van der Waals surface area contributed by atoms with Crippen LogP contribution in [0.5, 0.6) is 11.5 Å². The molecule has 5 nitrogen and oxygen atoms in total. The van der Waals surface area contributed by atoms with Crippen molar-refractivity contribution in [1.82, 2.24) is 4.57 Å². The zero-order chi connectivity index (χ0) is 19.2. The maximum absolute atomic E-state index is 12.5. The average molecular weight is 367 g/mol. The van der Waals surface area contributed by atoms with Crippen molar-refractivity contribution < 1.29 is 19.0 Å². The monoisotopic (exact) mass is 367 g/mol. The standard InChI is InChI=1S/C22H25NO4/c1-4-6-13-27-18-9-7-17(8-10-18)23-20-12-11-19(25-3)14-16(20)15-21(23)22(24)26-5-2/h7-12,14-15H,4-6,13H2,1-3H3. The van der Waals surface area contributed by atoms with Crippen LogP contribution in [0.1, 0.15) is 37.2 Å². The Morgan fingerprint density at radius 2 is 1.74 bits per heavy atom. The lowest BCUT2D eigenvalue weighted by Crippen LogP contribution is -2.11. The number of hydrogen-bond acceptors (Lipinski definition) is 4. The highest BCUT2D eigenvalue weighted by Crippen LogP contribution is 2.29. The Morgan fingerprint density at radius 3 is 2.41 bits per heavy atom. The fourth-order valence-electron chi connectivity index (χ4n) is 2.98. The van der Waals surface area contributed by atoms with Crippen molar-refractivity contribution in [2.24, 2.45) is 0 Å². The van der Waals surface area contributed by atoms with Gasteiger partial charge in [0.15, 0.2) is 0 Å². The Kier molecular flexibility index (Phi) is 6.01. The van der Waals surface area contributed by atoms with Crippen LogP contribution >= 0.6 is 0 Å². The van der Waals surface area contributed by atoms with Gasteiger partial charge in [0.1, 0.15) is 17.2 Å². The molecule has 3 rings (SSSR count). The number of ether oxygens (including phenoxy) is 3. The molecule has 3 aromatic rings. The summed E-state index contributed by atoms with van der Waals surface area (Å²) >= 11 is 0. The third-order valence-electron chi connectivity index (χ3n) is 4.35. The van der Waals surface area contributed by atoms with E-state index in [1.807, 2.05) is 53.1 Å². The van der Waals surface area contributed by atoms with Crippen LogP contribution < -0.4 is 9.47 Å². The van der Waals surface area contributed by atoms with Crippen molar-refractivity contribution in [3.8, 4) is 17.2 Å². The van der Waals surface area contributed by atoms with Gasteiger partial charge in [0.25, 0.3) is 0 Å². The molecule has 0 radical (unpaired) electrons. The lowest BCUT2D eigenvalue weighted by atomic mass is 10.2. The first kappa shape index (κ1) is 18.8. The third kappa shape index (κ3) is 4.08. The van der Waals surface area contributed by atoms with E-state index in [0.717, 1.165) is 40.9 Å². The highest BCUT2D eigenvalue weighted by atomic mass is 16.5. The molecule has 2 aromatic carbocycles. The van der Waals surface area contributed by atoms with Crippen LogP contribution in [0.4, 0.5) is 0 Å². The van der Waals surface area contributed by atoms with Crippen LogP contribution in [-0.2, 0) is 4.74 Å². The minimum absolute atomic E-state index is 0.327. The van der Waals surface area contributed by atoms with E-state index >= 15 is 0 Å². The zero-order valence-electron chi connectivity index (χ0n) is 16.0. The van der Waals surface area contributed by atoms with E-state index in [9.17, 15) is 4.79 Å². The predicted octanol–water partition coefficient (Wildman–Crippen LogP) is 4.99. The molecule has 0 saturated heterocycles. The van der Waals surface area contributed by atoms with E-state index in [2.05, 4.69) is 6.92 Å². The molecule has 0 saturated carbocycles. The van der Waals surface area contributed by atoms with Crippen molar-refractivity contribution in [3.05, 3.63) is 54.2 Å². The molecule has 1 heterocycles. The Hall–Kier alpha value is -2.95. The summed E-state index contributed by atoms with van der Waals surface area (Å²) in [4.78, 5) is 12.5. The van der Waals surface area contributed by atoms with Gasteiger partial charge in [-0.2, -0.15) is 0 Å². The maximum Gasteiger partial charge on any atom is 0.355 e. The average Bonchev–Trinajstić information content (AvgIpc) is 3.07. The number of fused-ring (bicyclic) bond motifs is 1. The number of carbonyl (C=O) groups excluding carboxylic acids is 1. The topological polar surface area (TPSA) is 49.7 Å². The molecule has 0 spiro atoms. The first-order valence-electron chi connectivity index (χ1n) is 9.27. The van der Waals surface area contributed by atoms with Crippen molar-refractivity contribution in [2.45, 2.75) is 26.7 Å². The number of carbonyl (C=O) groups is 1. The van der Waals surface area contributed by atoms with Crippen LogP contribution in [0.2, 0.25) is 0 Å². The molecular formula is C22H25NO4. The Morgan fingerprint density at radius 1 is 1.00 bits per heavy atom. The van der Waals surface area contributed by atoms with E-state index in [-0.39, 0.29) is 5.97 Å². The molecule has 142 valence electrons. The largest absolute Gasteiger partial charge is 0.497 e. The SMILES string of the molecule is CCCCOc1ccc(-n2c(C(=O)OCC)cc3cc(OC)ccc32)cc1. The van der Waals surface area contributed by atoms with Crippen molar-refractivity contribution in [2.75, 3.05) is 20.3 Å². The maximum atomic E-state index is 12.5. The number of esters is 1. The van der Waals surface area contributed by atoms with Crippen LogP contribution in [0, 0.1) is 0 Å². The van der Waals surface area contributed by atoms with Gasteiger partial charge in [0.05, 0.1) is 25.8 Å². The van der Waals surface area contributed by atoms with Gasteiger partial charge in [-0.05, 0) is 61.9 Å². The predicted molar refractivity (Wildman–Crippen MR) is 106 cm³/mol. The summed E-state index contributed by atoms with van der Waals surface area (Å²) in [5.41, 5.74) is 2.28. The van der Waals surface area contributed by atoms with Gasteiger partial charge in [0, 0.05) is 11.1 Å². The van der Waals surface area contributed by atoms with Gasteiger partial charge >= 0.3 is 5.97 Å². The molecule has 27 heavy (non-hydrogen) atoms. The Bertz CT molecular complexity index is 912. The molecule has 5 heteroatoms. The highest BCUT2D eigenvalue weighted by Gasteiger charge is 2.18. The van der Waals surface area contributed by atoms with Gasteiger partial charge in [-0.1, -0.05) is 13.3 Å². The molecule has 0 N–H and O–H groups in total. The van der Waals surface area contributed by atoms with E-state index in [1.54, 1.807) is 14.0 Å². The van der Waals surface area contributed by atoms with Crippen LogP contribution in [-0.4, -0.2) is 30.9 Å². The minimum atomic E-state index is -0.351. The fourth-order valence-corrected chi connectivity index (χ4v) is 2.98. The smallest absolute Gasteiger partial charge is 0.355 e. The Labute approximate surface area is 159 Å². The second-order valence-electron chi connectivity index (χ2n) is 6.21. The Balaban J connectivity index is 2.02. The molecule has 0 bridgehead atoms. The van der Waals surface area contributed by atoms with E-state index < -0.39 is 0 Å². The summed E-state index contributed by atoms with van der Waals surface area (Å²) in [5.74, 6) is 1.22. The number of hydrogen-bond donors (Lipinski definition) is 0. The van der Waals surface area contributed by atoms with Crippen molar-refractivity contribution in [3.63, 3.8) is 0 Å². The van der Waals surface area contributed by atoms with Crippen LogP contribution in [0.15, 0.2) is 48.5 Å². The molecule has 0 aliphatic heterocycles. The molecule has 0 fully saturated rings. The summed E-state index contributed by atoms with van der Waals surface area (Å²) in [6.45, 7) is 4.97. The summed E-state index contributed by atoms with van der Waals surface area (Å²) < 4.78 is 18.2. The number of nitrogens with zero attached hydrogens (tertiary/aromatic N) is 1. The minimum Gasteiger partial charge on any atom is -0.497 e. The molecule has 0 aliphatic rings. The summed E-state index contributed by atoms with van der Waals surface area (Å²) in [7, 11) is 1.63. The van der Waals surface area contributed by atoms with Crippen molar-refractivity contribution >= 4 is 16.9 Å². The van der Waals surface area contributed by atoms with E-state index in [1.165, 1.54) is 0 Å². The second kappa shape index (κ2) is 8.62. The van der Waals surface area contributed by atoms with Gasteiger partial charge in [-0.15, -0.1) is 0 Å². The molecule has 0 aliphatic carbocycles. The molecule has 0 amide bonds. The molecular weight excluding hydrogens is 342 g/mol. The lowest BCUT2D eigenvalue weighted by molar-refractivity contribution is 0.0517. The zero-order valence-corrected chi connectivity index (χ0v) is 16.0. The fraction of sp³-hybridized carbons (Fsp3) is 0.318. The highest BCUT2D eigenvalue weighted by molar-refractivity contribution is 5.97. The number of unbranched alkanes of at least 4 members (excludes halogenated alkanes) is 1. The number of aromatic nitrogens is 1. The van der Waals surface area contributed by atoms with Gasteiger partial charge in [-0.25, -0.2) is 4.79 Å².